The molecule has 2 N–H and O–H groups in total. The summed E-state index contributed by atoms with van der Waals surface area (Å²) in [5, 5.41) is 3.19. The summed E-state index contributed by atoms with van der Waals surface area (Å²) in [5.41, 5.74) is 1.54. The van der Waals surface area contributed by atoms with Crippen LogP contribution in [0.2, 0.25) is 0 Å². The van der Waals surface area contributed by atoms with Crippen LogP contribution in [0.25, 0.3) is 11.3 Å². The van der Waals surface area contributed by atoms with Crippen LogP contribution in [0.3, 0.4) is 0 Å². The second-order valence-electron chi connectivity index (χ2n) is 3.66. The lowest BCUT2D eigenvalue weighted by Gasteiger charge is -2.05. The normalized spacial score (nSPS) is 10.2. The van der Waals surface area contributed by atoms with E-state index < -0.39 is 0 Å². The first-order valence-electron chi connectivity index (χ1n) is 5.54. The van der Waals surface area contributed by atoms with Gasteiger partial charge < -0.3 is 10.3 Å². The highest BCUT2D eigenvalue weighted by Crippen LogP contribution is 2.16. The van der Waals surface area contributed by atoms with Crippen molar-refractivity contribution in [2.24, 2.45) is 0 Å². The quantitative estimate of drug-likeness (QED) is 0.837. The molecular formula is C12H14N4O. The number of pyridine rings is 1. The molecule has 0 radical (unpaired) electrons. The van der Waals surface area contributed by atoms with Crippen molar-refractivity contribution < 1.29 is 0 Å². The van der Waals surface area contributed by atoms with E-state index >= 15 is 0 Å². The van der Waals surface area contributed by atoms with E-state index in [0.29, 0.717) is 0 Å². The Kier molecular flexibility index (Phi) is 3.49. The number of hydrogen-bond acceptors (Lipinski definition) is 4. The van der Waals surface area contributed by atoms with Gasteiger partial charge >= 0.3 is 0 Å². The molecule has 0 aliphatic heterocycles. The monoisotopic (exact) mass is 230 g/mol. The van der Waals surface area contributed by atoms with Crippen LogP contribution in [0.4, 0.5) is 5.82 Å². The SMILES string of the molecule is CCCNc1cc(-c2ccc(=O)[nH]c2)ncn1. The third kappa shape index (κ3) is 2.90. The van der Waals surface area contributed by atoms with Crippen molar-refractivity contribution in [3.8, 4) is 11.3 Å². The van der Waals surface area contributed by atoms with Gasteiger partial charge in [0.2, 0.25) is 5.56 Å². The van der Waals surface area contributed by atoms with Gasteiger partial charge in [-0.15, -0.1) is 0 Å². The molecule has 0 saturated heterocycles. The van der Waals surface area contributed by atoms with Gasteiger partial charge in [0.25, 0.3) is 0 Å². The highest BCUT2D eigenvalue weighted by Gasteiger charge is 2.01. The first-order valence-corrected chi connectivity index (χ1v) is 5.54. The molecule has 2 rings (SSSR count). The van der Waals surface area contributed by atoms with Crippen molar-refractivity contribution in [3.05, 3.63) is 41.1 Å². The highest BCUT2D eigenvalue weighted by molar-refractivity contribution is 5.60. The highest BCUT2D eigenvalue weighted by atomic mass is 16.1. The maximum absolute atomic E-state index is 11.0. The first-order chi connectivity index (χ1) is 8.29. The Bertz CT molecular complexity index is 530. The van der Waals surface area contributed by atoms with E-state index in [4.69, 9.17) is 0 Å². The second kappa shape index (κ2) is 5.25. The average molecular weight is 230 g/mol. The van der Waals surface area contributed by atoms with Crippen LogP contribution in [-0.4, -0.2) is 21.5 Å². The molecule has 0 aromatic carbocycles. The van der Waals surface area contributed by atoms with Gasteiger partial charge in [-0.2, -0.15) is 0 Å². The Labute approximate surface area is 99.0 Å². The number of aromatic amines is 1. The number of H-pyrrole nitrogens is 1. The molecule has 2 aromatic heterocycles. The number of rotatable bonds is 4. The molecule has 0 amide bonds. The Morgan fingerprint density at radius 2 is 2.24 bits per heavy atom. The molecule has 5 heteroatoms. The van der Waals surface area contributed by atoms with Crippen LogP contribution in [0.1, 0.15) is 13.3 Å². The zero-order valence-corrected chi connectivity index (χ0v) is 9.60. The predicted molar refractivity (Wildman–Crippen MR) is 66.9 cm³/mol. The van der Waals surface area contributed by atoms with Crippen molar-refractivity contribution in [3.63, 3.8) is 0 Å². The van der Waals surface area contributed by atoms with E-state index in [0.717, 1.165) is 30.0 Å². The van der Waals surface area contributed by atoms with Crippen molar-refractivity contribution in [2.45, 2.75) is 13.3 Å². The fourth-order valence-electron chi connectivity index (χ4n) is 1.43. The van der Waals surface area contributed by atoms with Gasteiger partial charge in [-0.05, 0) is 12.5 Å². The minimum atomic E-state index is -0.118. The van der Waals surface area contributed by atoms with Crippen molar-refractivity contribution >= 4 is 5.82 Å². The number of anilines is 1. The van der Waals surface area contributed by atoms with Crippen LogP contribution in [0.15, 0.2) is 35.5 Å². The predicted octanol–water partition coefficient (Wildman–Crippen LogP) is 1.65. The third-order valence-electron chi connectivity index (χ3n) is 2.30. The summed E-state index contributed by atoms with van der Waals surface area (Å²) in [4.78, 5) is 21.9. The number of aromatic nitrogens is 3. The molecule has 0 spiro atoms. The number of nitrogens with one attached hydrogen (secondary N) is 2. The van der Waals surface area contributed by atoms with Gasteiger partial charge in [-0.25, -0.2) is 9.97 Å². The van der Waals surface area contributed by atoms with Crippen molar-refractivity contribution in [1.82, 2.24) is 15.0 Å². The molecule has 0 unspecified atom stereocenters. The van der Waals surface area contributed by atoms with Crippen LogP contribution in [0.5, 0.6) is 0 Å². The van der Waals surface area contributed by atoms with E-state index in [9.17, 15) is 4.79 Å². The minimum Gasteiger partial charge on any atom is -0.370 e. The molecule has 0 saturated carbocycles. The first kappa shape index (κ1) is 11.3. The summed E-state index contributed by atoms with van der Waals surface area (Å²) in [6.45, 7) is 2.97. The Hall–Kier alpha value is -2.17. The van der Waals surface area contributed by atoms with E-state index in [1.165, 1.54) is 12.4 Å². The number of nitrogens with zero attached hydrogens (tertiary/aromatic N) is 2. The van der Waals surface area contributed by atoms with Crippen LogP contribution in [-0.2, 0) is 0 Å². The van der Waals surface area contributed by atoms with Gasteiger partial charge in [-0.3, -0.25) is 4.79 Å². The van der Waals surface area contributed by atoms with Crippen molar-refractivity contribution in [2.75, 3.05) is 11.9 Å². The summed E-state index contributed by atoms with van der Waals surface area (Å²) in [6, 6.07) is 5.09. The van der Waals surface area contributed by atoms with Crippen molar-refractivity contribution in [1.29, 1.82) is 0 Å². The van der Waals surface area contributed by atoms with Gasteiger partial charge in [0.05, 0.1) is 5.69 Å². The van der Waals surface area contributed by atoms with Gasteiger partial charge in [0.1, 0.15) is 12.1 Å². The van der Waals surface area contributed by atoms with E-state index in [1.807, 2.05) is 6.07 Å². The molecule has 0 fully saturated rings. The number of hydrogen-bond donors (Lipinski definition) is 2. The lowest BCUT2D eigenvalue weighted by atomic mass is 10.2. The van der Waals surface area contributed by atoms with Gasteiger partial charge in [0.15, 0.2) is 0 Å². The fraction of sp³-hybridized carbons (Fsp3) is 0.250. The Balaban J connectivity index is 2.26. The topological polar surface area (TPSA) is 70.7 Å². The van der Waals surface area contributed by atoms with Crippen LogP contribution in [0, 0.1) is 0 Å². The van der Waals surface area contributed by atoms with Gasteiger partial charge in [0, 0.05) is 30.4 Å². The fourth-order valence-corrected chi connectivity index (χ4v) is 1.43. The van der Waals surface area contributed by atoms with Crippen LogP contribution >= 0.6 is 0 Å². The van der Waals surface area contributed by atoms with Gasteiger partial charge in [-0.1, -0.05) is 6.92 Å². The van der Waals surface area contributed by atoms with E-state index in [1.54, 1.807) is 12.3 Å². The Morgan fingerprint density at radius 1 is 1.35 bits per heavy atom. The lowest BCUT2D eigenvalue weighted by Crippen LogP contribution is -2.04. The standard InChI is InChI=1S/C12H14N4O/c1-2-5-13-11-6-10(15-8-16-11)9-3-4-12(17)14-7-9/h3-4,6-8H,2,5H2,1H3,(H,14,17)(H,13,15,16). The maximum Gasteiger partial charge on any atom is 0.247 e. The molecule has 2 heterocycles. The minimum absolute atomic E-state index is 0.118. The average Bonchev–Trinajstić information content (AvgIpc) is 2.37. The molecule has 5 nitrogen and oxygen atoms in total. The van der Waals surface area contributed by atoms with E-state index in [-0.39, 0.29) is 5.56 Å². The summed E-state index contributed by atoms with van der Waals surface area (Å²) in [5.74, 6) is 0.794. The molecule has 88 valence electrons. The summed E-state index contributed by atoms with van der Waals surface area (Å²) in [6.07, 6.45) is 4.20. The zero-order valence-electron chi connectivity index (χ0n) is 9.60. The maximum atomic E-state index is 11.0. The zero-order chi connectivity index (χ0) is 12.1. The third-order valence-corrected chi connectivity index (χ3v) is 2.30. The summed E-state index contributed by atoms with van der Waals surface area (Å²) < 4.78 is 0. The van der Waals surface area contributed by atoms with Crippen LogP contribution < -0.4 is 10.9 Å². The molecule has 0 aliphatic carbocycles. The molecule has 0 aliphatic rings. The van der Waals surface area contributed by atoms with E-state index in [2.05, 4.69) is 27.2 Å². The molecule has 0 bridgehead atoms. The summed E-state index contributed by atoms with van der Waals surface area (Å²) >= 11 is 0. The second-order valence-corrected chi connectivity index (χ2v) is 3.66. The lowest BCUT2D eigenvalue weighted by molar-refractivity contribution is 0.965. The Morgan fingerprint density at radius 3 is 2.94 bits per heavy atom. The molecule has 2 aromatic rings. The molecular weight excluding hydrogens is 216 g/mol. The largest absolute Gasteiger partial charge is 0.370 e. The molecule has 17 heavy (non-hydrogen) atoms. The smallest absolute Gasteiger partial charge is 0.247 e. The summed E-state index contributed by atoms with van der Waals surface area (Å²) in [7, 11) is 0. The molecule has 0 atom stereocenters.